The molecule has 0 spiro atoms. The molecule has 156 valence electrons. The summed E-state index contributed by atoms with van der Waals surface area (Å²) in [5.74, 6) is 2.82. The van der Waals surface area contributed by atoms with E-state index < -0.39 is 10.8 Å². The topological polar surface area (TPSA) is 110 Å². The van der Waals surface area contributed by atoms with Gasteiger partial charge >= 0.3 is 0 Å². The number of pyridine rings is 1. The molecule has 8 nitrogen and oxygen atoms in total. The standard InChI is InChI=1S/C19H31N5O3S/c1-14-12-16-18(19(20)21-14)22-17(13-15-4-5-15)24(16)8-10-27-9-2-6-23-7-3-11-28(23,25)26/h12,15,25-26H,2-11,13H2,1H3,(H2,20,21). The van der Waals surface area contributed by atoms with Crippen LogP contribution < -0.4 is 5.73 Å². The van der Waals surface area contributed by atoms with Crippen molar-refractivity contribution in [1.82, 2.24) is 18.8 Å². The van der Waals surface area contributed by atoms with Crippen LogP contribution in [0.5, 0.6) is 0 Å². The summed E-state index contributed by atoms with van der Waals surface area (Å²) in [5, 5.41) is 0. The predicted molar refractivity (Wildman–Crippen MR) is 112 cm³/mol. The Bertz CT molecular complexity index is 837. The minimum absolute atomic E-state index is 0.497. The largest absolute Gasteiger partial charge is 0.382 e. The van der Waals surface area contributed by atoms with Gasteiger partial charge in [0.15, 0.2) is 5.82 Å². The molecule has 0 amide bonds. The number of aromatic nitrogens is 3. The highest BCUT2D eigenvalue weighted by Crippen LogP contribution is 2.48. The number of anilines is 1. The van der Waals surface area contributed by atoms with Crippen molar-refractivity contribution in [3.8, 4) is 0 Å². The number of nitrogen functional groups attached to an aromatic ring is 1. The van der Waals surface area contributed by atoms with Crippen LogP contribution in [0.3, 0.4) is 0 Å². The number of fused-ring (bicyclic) bond motifs is 1. The molecular formula is C19H31N5O3S. The number of hydrogen-bond donors (Lipinski definition) is 3. The van der Waals surface area contributed by atoms with Crippen molar-refractivity contribution in [1.29, 1.82) is 0 Å². The Labute approximate surface area is 167 Å². The summed E-state index contributed by atoms with van der Waals surface area (Å²) >= 11 is 0. The van der Waals surface area contributed by atoms with Gasteiger partial charge in [-0.1, -0.05) is 0 Å². The lowest BCUT2D eigenvalue weighted by molar-refractivity contribution is 0.120. The summed E-state index contributed by atoms with van der Waals surface area (Å²) < 4.78 is 29.7. The zero-order valence-corrected chi connectivity index (χ0v) is 17.3. The quantitative estimate of drug-likeness (QED) is 0.546. The number of aryl methyl sites for hydroxylation is 1. The van der Waals surface area contributed by atoms with Gasteiger partial charge in [-0.15, -0.1) is 10.8 Å². The first kappa shape index (κ1) is 19.9. The Hall–Kier alpha value is -1.39. The zero-order chi connectivity index (χ0) is 19.7. The lowest BCUT2D eigenvalue weighted by Crippen LogP contribution is -2.24. The fourth-order valence-corrected chi connectivity index (χ4v) is 5.49. The molecule has 0 unspecified atom stereocenters. The molecule has 2 aromatic rings. The Morgan fingerprint density at radius 1 is 1.25 bits per heavy atom. The zero-order valence-electron chi connectivity index (χ0n) is 16.5. The first-order valence-corrected chi connectivity index (χ1v) is 11.8. The third kappa shape index (κ3) is 4.44. The molecule has 1 aliphatic carbocycles. The highest BCUT2D eigenvalue weighted by molar-refractivity contribution is 8.22. The summed E-state index contributed by atoms with van der Waals surface area (Å²) in [6.45, 7) is 5.33. The number of ether oxygens (including phenoxy) is 1. The van der Waals surface area contributed by atoms with E-state index in [0.29, 0.717) is 31.3 Å². The highest BCUT2D eigenvalue weighted by Gasteiger charge is 2.28. The van der Waals surface area contributed by atoms with Crippen LogP contribution in [0.15, 0.2) is 6.07 Å². The molecule has 28 heavy (non-hydrogen) atoms. The molecular weight excluding hydrogens is 378 g/mol. The number of rotatable bonds is 9. The molecule has 1 aliphatic heterocycles. The van der Waals surface area contributed by atoms with Crippen molar-refractivity contribution in [3.63, 3.8) is 0 Å². The lowest BCUT2D eigenvalue weighted by atomic mass is 10.3. The maximum atomic E-state index is 9.93. The normalized spacial score (nSPS) is 20.8. The third-order valence-corrected chi connectivity index (χ3v) is 7.56. The minimum Gasteiger partial charge on any atom is -0.382 e. The summed E-state index contributed by atoms with van der Waals surface area (Å²) in [5.41, 5.74) is 8.83. The van der Waals surface area contributed by atoms with E-state index in [1.54, 1.807) is 4.31 Å². The molecule has 2 fully saturated rings. The molecule has 2 aliphatic rings. The number of nitrogens with zero attached hydrogens (tertiary/aromatic N) is 4. The predicted octanol–water partition coefficient (Wildman–Crippen LogP) is 3.05. The first-order valence-electron chi connectivity index (χ1n) is 10.1. The molecule has 1 saturated heterocycles. The highest BCUT2D eigenvalue weighted by atomic mass is 32.3. The van der Waals surface area contributed by atoms with Crippen molar-refractivity contribution < 1.29 is 13.8 Å². The average Bonchev–Trinajstić information content (AvgIpc) is 3.29. The van der Waals surface area contributed by atoms with E-state index in [1.807, 2.05) is 13.0 Å². The molecule has 0 radical (unpaired) electrons. The van der Waals surface area contributed by atoms with E-state index >= 15 is 0 Å². The van der Waals surface area contributed by atoms with Gasteiger partial charge in [-0.3, -0.25) is 9.11 Å². The van der Waals surface area contributed by atoms with Crippen LogP contribution in [0, 0.1) is 12.8 Å². The van der Waals surface area contributed by atoms with Gasteiger partial charge in [0.05, 0.1) is 17.9 Å². The fourth-order valence-electron chi connectivity index (χ4n) is 3.88. The second-order valence-corrected chi connectivity index (χ2v) is 10.1. The van der Waals surface area contributed by atoms with Crippen LogP contribution in [0.4, 0.5) is 5.82 Å². The lowest BCUT2D eigenvalue weighted by Gasteiger charge is -2.36. The van der Waals surface area contributed by atoms with E-state index in [0.717, 1.165) is 60.8 Å². The van der Waals surface area contributed by atoms with Gasteiger partial charge in [-0.2, -0.15) is 0 Å². The molecule has 0 bridgehead atoms. The van der Waals surface area contributed by atoms with E-state index in [2.05, 4.69) is 9.55 Å². The SMILES string of the molecule is Cc1cc2c(nc(CC3CC3)n2CCOCCCN2CCCS2(O)O)c(N)n1. The van der Waals surface area contributed by atoms with E-state index in [1.165, 1.54) is 12.8 Å². The maximum absolute atomic E-state index is 9.93. The van der Waals surface area contributed by atoms with E-state index in [-0.39, 0.29) is 0 Å². The van der Waals surface area contributed by atoms with Crippen LogP contribution >= 0.6 is 10.8 Å². The molecule has 4 N–H and O–H groups in total. The third-order valence-electron chi connectivity index (χ3n) is 5.53. The van der Waals surface area contributed by atoms with E-state index in [4.69, 9.17) is 15.5 Å². The molecule has 0 atom stereocenters. The second-order valence-electron chi connectivity index (χ2n) is 7.93. The first-order chi connectivity index (χ1) is 13.4. The van der Waals surface area contributed by atoms with Crippen LogP contribution in [-0.4, -0.2) is 60.0 Å². The van der Waals surface area contributed by atoms with Crippen molar-refractivity contribution in [2.75, 3.05) is 37.8 Å². The van der Waals surface area contributed by atoms with Crippen LogP contribution in [-0.2, 0) is 17.7 Å². The van der Waals surface area contributed by atoms with Gasteiger partial charge in [0.2, 0.25) is 0 Å². The Balaban J connectivity index is 1.33. The number of imidazole rings is 1. The van der Waals surface area contributed by atoms with Crippen LogP contribution in [0.25, 0.3) is 11.0 Å². The average molecular weight is 410 g/mol. The smallest absolute Gasteiger partial charge is 0.151 e. The monoisotopic (exact) mass is 409 g/mol. The molecule has 0 aromatic carbocycles. The molecule has 9 heteroatoms. The Morgan fingerprint density at radius 2 is 2.07 bits per heavy atom. The molecule has 2 aromatic heterocycles. The van der Waals surface area contributed by atoms with Gasteiger partial charge in [0.1, 0.15) is 11.3 Å². The number of nitrogens with two attached hydrogens (primary N) is 1. The number of hydrogen-bond acceptors (Lipinski definition) is 7. The van der Waals surface area contributed by atoms with Crippen molar-refractivity contribution >= 4 is 27.6 Å². The second kappa shape index (κ2) is 8.16. The van der Waals surface area contributed by atoms with E-state index in [9.17, 15) is 9.11 Å². The van der Waals surface area contributed by atoms with Gasteiger partial charge in [-0.25, -0.2) is 14.3 Å². The molecule has 3 heterocycles. The van der Waals surface area contributed by atoms with Crippen molar-refractivity contribution in [3.05, 3.63) is 17.6 Å². The van der Waals surface area contributed by atoms with Crippen molar-refractivity contribution in [2.45, 2.75) is 45.6 Å². The van der Waals surface area contributed by atoms with Gasteiger partial charge in [0.25, 0.3) is 0 Å². The summed E-state index contributed by atoms with van der Waals surface area (Å²) in [4.78, 5) is 9.13. The van der Waals surface area contributed by atoms with Gasteiger partial charge in [0, 0.05) is 38.4 Å². The molecule has 4 rings (SSSR count). The van der Waals surface area contributed by atoms with Crippen LogP contribution in [0.1, 0.15) is 37.2 Å². The summed E-state index contributed by atoms with van der Waals surface area (Å²) in [6.07, 6.45) is 5.20. The maximum Gasteiger partial charge on any atom is 0.151 e. The Morgan fingerprint density at radius 3 is 2.79 bits per heavy atom. The van der Waals surface area contributed by atoms with Crippen LogP contribution in [0.2, 0.25) is 0 Å². The summed E-state index contributed by atoms with van der Waals surface area (Å²) in [7, 11) is -2.51. The van der Waals surface area contributed by atoms with Gasteiger partial charge < -0.3 is 15.0 Å². The Kier molecular flexibility index (Phi) is 5.80. The minimum atomic E-state index is -2.51. The molecule has 1 saturated carbocycles. The fraction of sp³-hybridized carbons (Fsp3) is 0.684. The van der Waals surface area contributed by atoms with Crippen molar-refractivity contribution in [2.24, 2.45) is 5.92 Å². The summed E-state index contributed by atoms with van der Waals surface area (Å²) in [6, 6.07) is 2.05. The van der Waals surface area contributed by atoms with Gasteiger partial charge in [-0.05, 0) is 44.6 Å².